The molecule has 6 nitrogen and oxygen atoms in total. The van der Waals surface area contributed by atoms with Gasteiger partial charge < -0.3 is 4.74 Å². The summed E-state index contributed by atoms with van der Waals surface area (Å²) in [6.45, 7) is 3.62. The number of ketones is 1. The normalized spacial score (nSPS) is 13.8. The fourth-order valence-electron chi connectivity index (χ4n) is 4.91. The van der Waals surface area contributed by atoms with Crippen molar-refractivity contribution in [3.63, 3.8) is 0 Å². The van der Waals surface area contributed by atoms with Crippen molar-refractivity contribution in [2.45, 2.75) is 57.3 Å². The largest absolute Gasteiger partial charge is 0.496 e. The third-order valence-corrected chi connectivity index (χ3v) is 7.64. The van der Waals surface area contributed by atoms with E-state index in [4.69, 9.17) is 16.3 Å². The number of rotatable bonds is 9. The monoisotopic (exact) mass is 583 g/mol. The van der Waals surface area contributed by atoms with Gasteiger partial charge in [-0.15, -0.1) is 5.10 Å². The minimum Gasteiger partial charge on any atom is -0.496 e. The summed E-state index contributed by atoms with van der Waals surface area (Å²) in [6, 6.07) is 17.3. The average Bonchev–Trinajstić information content (AvgIpc) is 3.72. The third kappa shape index (κ3) is 6.10. The summed E-state index contributed by atoms with van der Waals surface area (Å²) in [7, 11) is 1.48. The second-order valence-corrected chi connectivity index (χ2v) is 11.4. The molecule has 41 heavy (non-hydrogen) atoms. The standard InChI is InChI=1S/C31H29ClF3N3O3/c1-30(2,22-5-4-6-23(16-22)31(33,34)35)17-26(39)20-7-8-21(27(15-20)41-3)18-37-29(40)38(25-13-14-25)28(36-37)19-9-11-24(32)12-10-19/h4-12,15-16,25H,13-14,17-18H2,1-3H3. The molecule has 4 aromatic rings. The van der Waals surface area contributed by atoms with Gasteiger partial charge in [0.05, 0.1) is 19.2 Å². The second kappa shape index (κ2) is 10.9. The van der Waals surface area contributed by atoms with Gasteiger partial charge in [-0.1, -0.05) is 55.8 Å². The Balaban J connectivity index is 1.39. The number of ether oxygens (including phenoxy) is 1. The predicted octanol–water partition coefficient (Wildman–Crippen LogP) is 7.33. The first-order valence-corrected chi connectivity index (χ1v) is 13.6. The molecule has 5 rings (SSSR count). The molecule has 1 fully saturated rings. The molecule has 0 radical (unpaired) electrons. The number of carbonyl (C=O) groups is 1. The molecular formula is C31H29ClF3N3O3. The Bertz CT molecular complexity index is 1650. The summed E-state index contributed by atoms with van der Waals surface area (Å²) in [5, 5.41) is 5.22. The average molecular weight is 584 g/mol. The van der Waals surface area contributed by atoms with Crippen molar-refractivity contribution in [3.05, 3.63) is 104 Å². The molecule has 0 bridgehead atoms. The van der Waals surface area contributed by atoms with Crippen LogP contribution in [0.4, 0.5) is 13.2 Å². The predicted molar refractivity (Wildman–Crippen MR) is 151 cm³/mol. The number of benzene rings is 3. The van der Waals surface area contributed by atoms with E-state index in [1.54, 1.807) is 54.8 Å². The highest BCUT2D eigenvalue weighted by Gasteiger charge is 2.33. The molecule has 0 unspecified atom stereocenters. The molecule has 10 heteroatoms. The van der Waals surface area contributed by atoms with E-state index in [0.717, 1.165) is 30.5 Å². The van der Waals surface area contributed by atoms with Gasteiger partial charge >= 0.3 is 11.9 Å². The second-order valence-electron chi connectivity index (χ2n) is 11.0. The lowest BCUT2D eigenvalue weighted by Crippen LogP contribution is -2.25. The lowest BCUT2D eigenvalue weighted by molar-refractivity contribution is -0.137. The van der Waals surface area contributed by atoms with Crippen LogP contribution in [0.1, 0.15) is 66.2 Å². The lowest BCUT2D eigenvalue weighted by atomic mass is 9.78. The summed E-state index contributed by atoms with van der Waals surface area (Å²) in [6.07, 6.45) is -2.66. The van der Waals surface area contributed by atoms with Crippen LogP contribution in [0.3, 0.4) is 0 Å². The minimum absolute atomic E-state index is 0.00742. The van der Waals surface area contributed by atoms with E-state index in [1.807, 2.05) is 12.1 Å². The maximum absolute atomic E-state index is 13.3. The van der Waals surface area contributed by atoms with Gasteiger partial charge in [-0.3, -0.25) is 9.36 Å². The van der Waals surface area contributed by atoms with Crippen molar-refractivity contribution in [2.75, 3.05) is 7.11 Å². The van der Waals surface area contributed by atoms with Crippen LogP contribution in [0.2, 0.25) is 5.02 Å². The van der Waals surface area contributed by atoms with E-state index in [2.05, 4.69) is 5.10 Å². The molecule has 0 spiro atoms. The number of methoxy groups -OCH3 is 1. The fourth-order valence-corrected chi connectivity index (χ4v) is 5.04. The number of aromatic nitrogens is 3. The molecule has 1 saturated carbocycles. The first-order valence-electron chi connectivity index (χ1n) is 13.2. The molecule has 0 amide bonds. The lowest BCUT2D eigenvalue weighted by Gasteiger charge is -2.25. The van der Waals surface area contributed by atoms with Gasteiger partial charge in [0.2, 0.25) is 0 Å². The molecule has 1 aromatic heterocycles. The van der Waals surface area contributed by atoms with Crippen LogP contribution in [0.15, 0.2) is 71.5 Å². The van der Waals surface area contributed by atoms with E-state index in [9.17, 15) is 22.8 Å². The number of Topliss-reactive ketones (excluding diaryl/α,β-unsaturated/α-hetero) is 1. The summed E-state index contributed by atoms with van der Waals surface area (Å²) >= 11 is 6.04. The van der Waals surface area contributed by atoms with E-state index in [0.29, 0.717) is 33.3 Å². The molecule has 1 aliphatic carbocycles. The summed E-state index contributed by atoms with van der Waals surface area (Å²) in [5.41, 5.74) is 0.405. The number of hydrogen-bond donors (Lipinski definition) is 0. The van der Waals surface area contributed by atoms with Crippen LogP contribution in [0.5, 0.6) is 5.75 Å². The number of hydrogen-bond acceptors (Lipinski definition) is 4. The molecule has 0 saturated heterocycles. The zero-order valence-electron chi connectivity index (χ0n) is 22.8. The first-order chi connectivity index (χ1) is 19.4. The van der Waals surface area contributed by atoms with Gasteiger partial charge in [-0.2, -0.15) is 13.2 Å². The SMILES string of the molecule is COc1cc(C(=O)CC(C)(C)c2cccc(C(F)(F)F)c2)ccc1Cn1nc(-c2ccc(Cl)cc2)n(C2CC2)c1=O. The number of alkyl halides is 3. The van der Waals surface area contributed by atoms with Crippen molar-refractivity contribution in [2.24, 2.45) is 0 Å². The molecule has 1 aliphatic rings. The summed E-state index contributed by atoms with van der Waals surface area (Å²) in [4.78, 5) is 26.6. The number of nitrogens with zero attached hydrogens (tertiary/aromatic N) is 3. The Kier molecular flexibility index (Phi) is 7.59. The van der Waals surface area contributed by atoms with Gasteiger partial charge in [0.15, 0.2) is 11.6 Å². The van der Waals surface area contributed by atoms with Gasteiger partial charge in [0, 0.05) is 34.2 Å². The quantitative estimate of drug-likeness (QED) is 0.194. The number of halogens is 4. The fraction of sp³-hybridized carbons (Fsp3) is 0.323. The Morgan fingerprint density at radius 1 is 1.02 bits per heavy atom. The Hall–Kier alpha value is -3.85. The van der Waals surface area contributed by atoms with E-state index < -0.39 is 17.2 Å². The number of carbonyl (C=O) groups excluding carboxylic acids is 1. The van der Waals surface area contributed by atoms with Crippen molar-refractivity contribution >= 4 is 17.4 Å². The van der Waals surface area contributed by atoms with E-state index >= 15 is 0 Å². The Morgan fingerprint density at radius 3 is 2.34 bits per heavy atom. The van der Waals surface area contributed by atoms with E-state index in [1.165, 1.54) is 17.9 Å². The minimum atomic E-state index is -4.47. The molecule has 0 atom stereocenters. The van der Waals surface area contributed by atoms with Crippen LogP contribution in [-0.2, 0) is 18.1 Å². The molecule has 1 heterocycles. The highest BCUT2D eigenvalue weighted by Crippen LogP contribution is 2.37. The Labute approximate surface area is 240 Å². The van der Waals surface area contributed by atoms with Gasteiger partial charge in [0.1, 0.15) is 5.75 Å². The van der Waals surface area contributed by atoms with Crippen LogP contribution >= 0.6 is 11.6 Å². The van der Waals surface area contributed by atoms with Gasteiger partial charge in [-0.05, 0) is 60.2 Å². The first kappa shape index (κ1) is 28.7. The van der Waals surface area contributed by atoms with Crippen molar-refractivity contribution < 1.29 is 22.7 Å². The summed E-state index contributed by atoms with van der Waals surface area (Å²) in [5.74, 6) is 0.739. The van der Waals surface area contributed by atoms with Crippen molar-refractivity contribution in [3.8, 4) is 17.1 Å². The van der Waals surface area contributed by atoms with Crippen LogP contribution < -0.4 is 10.4 Å². The van der Waals surface area contributed by atoms with Crippen molar-refractivity contribution in [1.29, 1.82) is 0 Å². The molecule has 0 N–H and O–H groups in total. The van der Waals surface area contributed by atoms with Gasteiger partial charge in [-0.25, -0.2) is 9.48 Å². The molecular weight excluding hydrogens is 555 g/mol. The molecule has 214 valence electrons. The summed E-state index contributed by atoms with van der Waals surface area (Å²) < 4.78 is 48.4. The topological polar surface area (TPSA) is 66.1 Å². The highest BCUT2D eigenvalue weighted by atomic mass is 35.5. The zero-order chi connectivity index (χ0) is 29.5. The maximum atomic E-state index is 13.3. The zero-order valence-corrected chi connectivity index (χ0v) is 23.6. The molecule has 0 aliphatic heterocycles. The van der Waals surface area contributed by atoms with Crippen LogP contribution in [-0.4, -0.2) is 27.2 Å². The maximum Gasteiger partial charge on any atom is 0.416 e. The van der Waals surface area contributed by atoms with Crippen LogP contribution in [0, 0.1) is 0 Å². The third-order valence-electron chi connectivity index (χ3n) is 7.39. The van der Waals surface area contributed by atoms with Crippen LogP contribution in [0.25, 0.3) is 11.4 Å². The molecule has 3 aromatic carbocycles. The van der Waals surface area contributed by atoms with Crippen molar-refractivity contribution in [1.82, 2.24) is 14.3 Å². The Morgan fingerprint density at radius 2 is 1.71 bits per heavy atom. The van der Waals surface area contributed by atoms with Gasteiger partial charge in [0.25, 0.3) is 0 Å². The highest BCUT2D eigenvalue weighted by molar-refractivity contribution is 6.30. The van der Waals surface area contributed by atoms with E-state index in [-0.39, 0.29) is 30.5 Å². The smallest absolute Gasteiger partial charge is 0.416 e.